The van der Waals surface area contributed by atoms with E-state index in [-0.39, 0.29) is 17.9 Å². The van der Waals surface area contributed by atoms with E-state index < -0.39 is 30.3 Å². The highest BCUT2D eigenvalue weighted by Gasteiger charge is 2.52. The number of likely N-dealkylation sites (tertiary alicyclic amines) is 1. The lowest BCUT2D eigenvalue weighted by Crippen LogP contribution is -2.37. The monoisotopic (exact) mass is 467 g/mol. The quantitative estimate of drug-likeness (QED) is 0.327. The van der Waals surface area contributed by atoms with Crippen molar-refractivity contribution in [2.75, 3.05) is 6.54 Å². The largest absolute Gasteiger partial charge is 0.508 e. The van der Waals surface area contributed by atoms with Gasteiger partial charge in [0.25, 0.3) is 5.91 Å². The molecule has 1 heterocycles. The number of hydrogen-bond donors (Lipinski definition) is 2. The van der Waals surface area contributed by atoms with E-state index in [2.05, 4.69) is 11.8 Å². The summed E-state index contributed by atoms with van der Waals surface area (Å²) in [4.78, 5) is 24.3. The number of carboxylic acids is 1. The van der Waals surface area contributed by atoms with E-state index >= 15 is 0 Å². The first-order valence-corrected chi connectivity index (χ1v) is 11.1. The Morgan fingerprint density at radius 1 is 1.24 bits per heavy atom. The molecule has 0 aliphatic carbocycles. The fraction of sp³-hybridized carbons (Fsp3) is 0.333. The Labute approximate surface area is 197 Å². The molecule has 0 bridgehead atoms. The minimum atomic E-state index is -3.38. The number of allylic oxidation sites excluding steroid dienone is 1. The number of benzene rings is 2. The molecule has 2 aromatic rings. The predicted molar refractivity (Wildman–Crippen MR) is 125 cm³/mol. The minimum absolute atomic E-state index is 0.130. The Hall–Kier alpha value is -3.66. The lowest BCUT2D eigenvalue weighted by Gasteiger charge is -2.21. The van der Waals surface area contributed by atoms with Crippen LogP contribution in [0.5, 0.6) is 5.75 Å². The molecule has 1 fully saturated rings. The first-order chi connectivity index (χ1) is 16.2. The first-order valence-electron chi connectivity index (χ1n) is 11.1. The van der Waals surface area contributed by atoms with E-state index in [0.717, 1.165) is 23.1 Å². The van der Waals surface area contributed by atoms with Crippen LogP contribution >= 0.6 is 0 Å². The van der Waals surface area contributed by atoms with Gasteiger partial charge in [0.1, 0.15) is 5.75 Å². The second-order valence-corrected chi connectivity index (χ2v) is 8.35. The minimum Gasteiger partial charge on any atom is -0.508 e. The average Bonchev–Trinajstić information content (AvgIpc) is 3.02. The summed E-state index contributed by atoms with van der Waals surface area (Å²) in [5, 5.41) is 18.7. The summed E-state index contributed by atoms with van der Waals surface area (Å²) in [6.07, 6.45) is 5.30. The molecule has 0 spiro atoms. The number of phenols is 1. The van der Waals surface area contributed by atoms with E-state index in [4.69, 9.17) is 5.11 Å². The zero-order chi connectivity index (χ0) is 24.7. The van der Waals surface area contributed by atoms with Gasteiger partial charge in [-0.15, -0.1) is 0 Å². The highest BCUT2D eigenvalue weighted by atomic mass is 19.3. The van der Waals surface area contributed by atoms with Gasteiger partial charge in [-0.25, -0.2) is 4.79 Å². The molecule has 1 aliphatic heterocycles. The number of carbonyl (C=O) groups excluding carboxylic acids is 1. The van der Waals surface area contributed by atoms with Crippen LogP contribution in [0, 0.1) is 18.8 Å². The molecule has 5 nitrogen and oxygen atoms in total. The third-order valence-corrected chi connectivity index (χ3v) is 5.75. The van der Waals surface area contributed by atoms with Gasteiger partial charge in [0.15, 0.2) is 0 Å². The van der Waals surface area contributed by atoms with Crippen molar-refractivity contribution in [2.24, 2.45) is 0 Å². The molecule has 7 heteroatoms. The van der Waals surface area contributed by atoms with Crippen LogP contribution in [-0.4, -0.2) is 45.5 Å². The van der Waals surface area contributed by atoms with E-state index in [9.17, 15) is 23.5 Å². The number of phenolic OH excluding ortho intramolecular Hbond substituents is 1. The fourth-order valence-corrected chi connectivity index (χ4v) is 3.74. The van der Waals surface area contributed by atoms with Crippen molar-refractivity contribution in [3.8, 4) is 17.6 Å². The Morgan fingerprint density at radius 3 is 2.65 bits per heavy atom. The maximum Gasteiger partial charge on any atom is 0.335 e. The Balaban J connectivity index is 1.51. The number of alkyl halides is 2. The normalized spacial score (nSPS) is 17.1. The molecule has 1 saturated heterocycles. The van der Waals surface area contributed by atoms with Crippen LogP contribution in [0.25, 0.3) is 0 Å². The molecule has 2 aromatic carbocycles. The molecule has 1 aliphatic rings. The van der Waals surface area contributed by atoms with Crippen molar-refractivity contribution >= 4 is 11.9 Å². The third-order valence-electron chi connectivity index (χ3n) is 5.75. The van der Waals surface area contributed by atoms with Crippen molar-refractivity contribution in [3.63, 3.8) is 0 Å². The zero-order valence-electron chi connectivity index (χ0n) is 18.9. The van der Waals surface area contributed by atoms with Crippen molar-refractivity contribution in [1.29, 1.82) is 0 Å². The van der Waals surface area contributed by atoms with Crippen LogP contribution in [0.3, 0.4) is 0 Å². The third kappa shape index (κ3) is 6.44. The summed E-state index contributed by atoms with van der Waals surface area (Å²) >= 11 is 0. The summed E-state index contributed by atoms with van der Waals surface area (Å²) in [6, 6.07) is 10.8. The van der Waals surface area contributed by atoms with Gasteiger partial charge in [0.2, 0.25) is 0 Å². The van der Waals surface area contributed by atoms with Gasteiger partial charge in [-0.2, -0.15) is 8.78 Å². The number of hydrogen-bond acceptors (Lipinski definition) is 3. The highest BCUT2D eigenvalue weighted by molar-refractivity contribution is 5.87. The van der Waals surface area contributed by atoms with Crippen molar-refractivity contribution in [3.05, 3.63) is 76.9 Å². The summed E-state index contributed by atoms with van der Waals surface area (Å²) in [5.41, 5.74) is 2.45. The van der Waals surface area contributed by atoms with Crippen LogP contribution in [0.4, 0.5) is 8.78 Å². The molecule has 1 atom stereocenters. The lowest BCUT2D eigenvalue weighted by atomic mass is 10.1. The number of halogens is 2. The highest BCUT2D eigenvalue weighted by Crippen LogP contribution is 2.34. The van der Waals surface area contributed by atoms with Gasteiger partial charge >= 0.3 is 11.9 Å². The second-order valence-electron chi connectivity index (χ2n) is 8.35. The summed E-state index contributed by atoms with van der Waals surface area (Å²) in [5.74, 6) is 0.651. The average molecular weight is 468 g/mol. The summed E-state index contributed by atoms with van der Waals surface area (Å²) < 4.78 is 28.1. The molecule has 34 heavy (non-hydrogen) atoms. The number of carbonyl (C=O) groups is 2. The Kier molecular flexibility index (Phi) is 8.06. The maximum atomic E-state index is 14.1. The van der Waals surface area contributed by atoms with E-state index in [1.54, 1.807) is 30.3 Å². The van der Waals surface area contributed by atoms with Crippen LogP contribution in [0.1, 0.15) is 52.7 Å². The van der Waals surface area contributed by atoms with Crippen LogP contribution in [0.15, 0.2) is 54.6 Å². The van der Waals surface area contributed by atoms with Crippen molar-refractivity contribution in [1.82, 2.24) is 4.90 Å². The molecule has 0 radical (unpaired) electrons. The Morgan fingerprint density at radius 2 is 1.97 bits per heavy atom. The predicted octanol–water partition coefficient (Wildman–Crippen LogP) is 4.96. The van der Waals surface area contributed by atoms with Gasteiger partial charge in [-0.3, -0.25) is 4.79 Å². The van der Waals surface area contributed by atoms with Gasteiger partial charge in [-0.1, -0.05) is 42.2 Å². The molecule has 2 N–H and O–H groups in total. The summed E-state index contributed by atoms with van der Waals surface area (Å²) in [7, 11) is 0. The standard InChI is InChI=1S/C27H27F2NO4/c1-19-9-10-21(17-24(19)31)7-5-3-2-4-6-8-23-18-27(28,29)26(34)30(23)16-15-20-11-13-22(14-12-20)25(32)33/h6,8-14,17,23,31H,2-4,15-16,18H2,1H3,(H,32,33)/b8-6+. The van der Waals surface area contributed by atoms with E-state index in [1.807, 2.05) is 19.1 Å². The van der Waals surface area contributed by atoms with E-state index in [1.165, 1.54) is 17.0 Å². The first kappa shape index (κ1) is 25.0. The molecular formula is C27H27F2NO4. The molecule has 178 valence electrons. The fourth-order valence-electron chi connectivity index (χ4n) is 3.74. The van der Waals surface area contributed by atoms with Gasteiger partial charge in [0, 0.05) is 24.9 Å². The van der Waals surface area contributed by atoms with Crippen molar-refractivity contribution < 1.29 is 28.6 Å². The summed E-state index contributed by atoms with van der Waals surface area (Å²) in [6.45, 7) is 1.94. The smallest absolute Gasteiger partial charge is 0.335 e. The van der Waals surface area contributed by atoms with Gasteiger partial charge in [0.05, 0.1) is 11.6 Å². The number of rotatable bonds is 8. The zero-order valence-corrected chi connectivity index (χ0v) is 18.9. The molecule has 1 amide bonds. The Bertz CT molecular complexity index is 1130. The van der Waals surface area contributed by atoms with Crippen LogP contribution < -0.4 is 0 Å². The van der Waals surface area contributed by atoms with Crippen molar-refractivity contribution in [2.45, 2.75) is 51.0 Å². The van der Waals surface area contributed by atoms with Gasteiger partial charge < -0.3 is 15.1 Å². The second kappa shape index (κ2) is 11.0. The van der Waals surface area contributed by atoms with Crippen LogP contribution in [0.2, 0.25) is 0 Å². The number of aryl methyl sites for hydroxylation is 1. The van der Waals surface area contributed by atoms with Gasteiger partial charge in [-0.05, 0) is 61.6 Å². The number of carboxylic acid groups (broad SMARTS) is 1. The van der Waals surface area contributed by atoms with Crippen LogP contribution in [-0.2, 0) is 11.2 Å². The number of nitrogens with zero attached hydrogens (tertiary/aromatic N) is 1. The molecule has 0 saturated carbocycles. The molecule has 3 rings (SSSR count). The number of unbranched alkanes of at least 4 members (excludes halogenated alkanes) is 2. The van der Waals surface area contributed by atoms with E-state index in [0.29, 0.717) is 19.3 Å². The number of aromatic carboxylic acids is 1. The number of amides is 1. The lowest BCUT2D eigenvalue weighted by molar-refractivity contribution is -0.148. The molecule has 0 aromatic heterocycles. The SMILES string of the molecule is Cc1ccc(C#CCCC/C=C/C2CC(F)(F)C(=O)N2CCc2ccc(C(=O)O)cc2)cc1O. The number of aromatic hydroxyl groups is 1. The molecular weight excluding hydrogens is 440 g/mol. The molecule has 1 unspecified atom stereocenters. The maximum absolute atomic E-state index is 14.1. The topological polar surface area (TPSA) is 77.8 Å².